The monoisotopic (exact) mass is 309 g/mol. The Kier molecular flexibility index (Phi) is 5.11. The molecule has 0 unspecified atom stereocenters. The Morgan fingerprint density at radius 3 is 2.71 bits per heavy atom. The van der Waals surface area contributed by atoms with Gasteiger partial charge < -0.3 is 5.11 Å². The topological polar surface area (TPSA) is 95.1 Å². The van der Waals surface area contributed by atoms with E-state index in [2.05, 4.69) is 14.9 Å². The van der Waals surface area contributed by atoms with Crippen LogP contribution in [0.15, 0.2) is 35.4 Å². The van der Waals surface area contributed by atoms with Gasteiger partial charge in [-0.05, 0) is 37.0 Å². The summed E-state index contributed by atoms with van der Waals surface area (Å²) < 4.78 is 27.0. The molecule has 0 aliphatic carbocycles. The molecule has 6 nitrogen and oxygen atoms in total. The van der Waals surface area contributed by atoms with E-state index in [1.165, 1.54) is 6.07 Å². The largest absolute Gasteiger partial charge is 0.392 e. The van der Waals surface area contributed by atoms with Crippen molar-refractivity contribution in [3.8, 4) is 0 Å². The molecular weight excluding hydrogens is 290 g/mol. The number of rotatable bonds is 7. The van der Waals surface area contributed by atoms with Crippen molar-refractivity contribution in [1.82, 2.24) is 14.9 Å². The Bertz CT molecular complexity index is 695. The first-order valence-electron chi connectivity index (χ1n) is 6.72. The number of aromatic amines is 1. The molecule has 2 rings (SSSR count). The number of H-pyrrole nitrogens is 1. The second-order valence-corrected chi connectivity index (χ2v) is 6.52. The van der Waals surface area contributed by atoms with Gasteiger partial charge in [0.15, 0.2) is 0 Å². The van der Waals surface area contributed by atoms with E-state index in [9.17, 15) is 13.5 Å². The van der Waals surface area contributed by atoms with Crippen LogP contribution in [0.2, 0.25) is 0 Å². The lowest BCUT2D eigenvalue weighted by Gasteiger charge is -2.09. The van der Waals surface area contributed by atoms with Crippen LogP contribution in [0.4, 0.5) is 0 Å². The number of aliphatic hydroxyl groups excluding tert-OH is 1. The number of hydrogen-bond donors (Lipinski definition) is 3. The number of sulfonamides is 1. The molecule has 1 aromatic heterocycles. The van der Waals surface area contributed by atoms with E-state index in [1.807, 2.05) is 6.92 Å². The first kappa shape index (κ1) is 15.7. The normalized spacial score (nSPS) is 11.7. The number of nitrogens with one attached hydrogen (secondary N) is 2. The van der Waals surface area contributed by atoms with Gasteiger partial charge in [0.05, 0.1) is 17.7 Å². The van der Waals surface area contributed by atoms with E-state index in [-0.39, 0.29) is 11.5 Å². The van der Waals surface area contributed by atoms with Crippen molar-refractivity contribution in [3.63, 3.8) is 0 Å². The summed E-state index contributed by atoms with van der Waals surface area (Å²) in [5.41, 5.74) is 2.49. The summed E-state index contributed by atoms with van der Waals surface area (Å²) in [4.78, 5) is 0.131. The van der Waals surface area contributed by atoms with Crippen molar-refractivity contribution in [2.45, 2.75) is 31.3 Å². The van der Waals surface area contributed by atoms with Crippen LogP contribution < -0.4 is 4.72 Å². The summed E-state index contributed by atoms with van der Waals surface area (Å²) in [6, 6.07) is 6.44. The molecule has 0 spiro atoms. The zero-order chi connectivity index (χ0) is 15.3. The molecule has 1 aromatic carbocycles. The Hall–Kier alpha value is -1.70. The zero-order valence-electron chi connectivity index (χ0n) is 11.8. The quantitative estimate of drug-likeness (QED) is 0.668. The maximum absolute atomic E-state index is 12.2. The number of hydrogen-bond acceptors (Lipinski definition) is 4. The summed E-state index contributed by atoms with van der Waals surface area (Å²) in [7, 11) is -3.59. The molecular formula is C14H19N3O3S. The standard InChI is InChI=1S/C14H19N3O3S/c1-11-12(9-15-17-11)6-4-8-16-21(19,20)14-7-3-2-5-13(14)10-18/h2-3,5,7,9,16,18H,4,6,8,10H2,1H3,(H,15,17). The molecule has 0 aliphatic rings. The molecule has 2 aromatic rings. The van der Waals surface area contributed by atoms with Crippen LogP contribution in [0, 0.1) is 6.92 Å². The van der Waals surface area contributed by atoms with Crippen molar-refractivity contribution in [2.75, 3.05) is 6.54 Å². The highest BCUT2D eigenvalue weighted by atomic mass is 32.2. The van der Waals surface area contributed by atoms with Crippen molar-refractivity contribution >= 4 is 10.0 Å². The molecule has 0 saturated carbocycles. The van der Waals surface area contributed by atoms with E-state index in [0.717, 1.165) is 17.7 Å². The molecule has 0 radical (unpaired) electrons. The summed E-state index contributed by atoms with van der Waals surface area (Å²) >= 11 is 0. The van der Waals surface area contributed by atoms with Crippen LogP contribution in [0.5, 0.6) is 0 Å². The Balaban J connectivity index is 1.94. The van der Waals surface area contributed by atoms with Crippen LogP contribution in [0.3, 0.4) is 0 Å². The van der Waals surface area contributed by atoms with Crippen LogP contribution in [-0.4, -0.2) is 30.3 Å². The van der Waals surface area contributed by atoms with Gasteiger partial charge in [-0.25, -0.2) is 13.1 Å². The summed E-state index contributed by atoms with van der Waals surface area (Å²) in [5.74, 6) is 0. The van der Waals surface area contributed by atoms with Crippen LogP contribution in [0.25, 0.3) is 0 Å². The highest BCUT2D eigenvalue weighted by Gasteiger charge is 2.16. The van der Waals surface area contributed by atoms with Crippen LogP contribution in [-0.2, 0) is 23.1 Å². The van der Waals surface area contributed by atoms with Crippen molar-refractivity contribution in [1.29, 1.82) is 0 Å². The van der Waals surface area contributed by atoms with Gasteiger partial charge in [0.2, 0.25) is 10.0 Å². The third-order valence-corrected chi connectivity index (χ3v) is 4.84. The maximum Gasteiger partial charge on any atom is 0.240 e. The lowest BCUT2D eigenvalue weighted by molar-refractivity contribution is 0.278. The molecule has 0 atom stereocenters. The van der Waals surface area contributed by atoms with E-state index in [0.29, 0.717) is 18.5 Å². The van der Waals surface area contributed by atoms with Gasteiger partial charge in [-0.2, -0.15) is 5.10 Å². The third kappa shape index (κ3) is 3.90. The van der Waals surface area contributed by atoms with Crippen molar-refractivity contribution < 1.29 is 13.5 Å². The zero-order valence-corrected chi connectivity index (χ0v) is 12.7. The third-order valence-electron chi connectivity index (χ3n) is 3.28. The number of aryl methyl sites for hydroxylation is 2. The lowest BCUT2D eigenvalue weighted by Crippen LogP contribution is -2.26. The predicted octanol–water partition coefficient (Wildman–Crippen LogP) is 1.12. The number of benzene rings is 1. The highest BCUT2D eigenvalue weighted by molar-refractivity contribution is 7.89. The Morgan fingerprint density at radius 1 is 1.29 bits per heavy atom. The first-order chi connectivity index (χ1) is 10.0. The molecule has 7 heteroatoms. The van der Waals surface area contributed by atoms with Crippen molar-refractivity contribution in [2.24, 2.45) is 0 Å². The smallest absolute Gasteiger partial charge is 0.240 e. The molecule has 1 heterocycles. The fourth-order valence-electron chi connectivity index (χ4n) is 2.09. The van der Waals surface area contributed by atoms with Gasteiger partial charge in [0.1, 0.15) is 0 Å². The van der Waals surface area contributed by atoms with Gasteiger partial charge in [-0.3, -0.25) is 5.10 Å². The van der Waals surface area contributed by atoms with Gasteiger partial charge in [0, 0.05) is 12.2 Å². The summed E-state index contributed by atoms with van der Waals surface area (Å²) in [6.07, 6.45) is 3.19. The Morgan fingerprint density at radius 2 is 2.05 bits per heavy atom. The number of nitrogens with zero attached hydrogens (tertiary/aromatic N) is 1. The predicted molar refractivity (Wildman–Crippen MR) is 79.2 cm³/mol. The second-order valence-electron chi connectivity index (χ2n) is 4.79. The second kappa shape index (κ2) is 6.84. The molecule has 0 bridgehead atoms. The average Bonchev–Trinajstić information content (AvgIpc) is 2.89. The summed E-state index contributed by atoms with van der Waals surface area (Å²) in [5, 5.41) is 16.0. The SMILES string of the molecule is Cc1[nH]ncc1CCCNS(=O)(=O)c1ccccc1CO. The average molecular weight is 309 g/mol. The summed E-state index contributed by atoms with van der Waals surface area (Å²) in [6.45, 7) is 1.97. The highest BCUT2D eigenvalue weighted by Crippen LogP contribution is 2.15. The van der Waals surface area contributed by atoms with Crippen molar-refractivity contribution in [3.05, 3.63) is 47.3 Å². The minimum atomic E-state index is -3.59. The fraction of sp³-hybridized carbons (Fsp3) is 0.357. The van der Waals surface area contributed by atoms with Gasteiger partial charge in [-0.15, -0.1) is 0 Å². The fourth-order valence-corrected chi connectivity index (χ4v) is 3.39. The number of aliphatic hydroxyl groups is 1. The molecule has 0 fully saturated rings. The van der Waals surface area contributed by atoms with Gasteiger partial charge in [0.25, 0.3) is 0 Å². The molecule has 0 aliphatic heterocycles. The van der Waals surface area contributed by atoms with E-state index < -0.39 is 10.0 Å². The molecule has 114 valence electrons. The molecule has 21 heavy (non-hydrogen) atoms. The van der Waals surface area contributed by atoms with Gasteiger partial charge in [-0.1, -0.05) is 18.2 Å². The van der Waals surface area contributed by atoms with E-state index >= 15 is 0 Å². The molecule has 0 amide bonds. The Labute approximate surface area is 124 Å². The molecule has 0 saturated heterocycles. The number of aromatic nitrogens is 2. The van der Waals surface area contributed by atoms with E-state index in [4.69, 9.17) is 0 Å². The first-order valence-corrected chi connectivity index (χ1v) is 8.20. The lowest BCUT2D eigenvalue weighted by atomic mass is 10.1. The van der Waals surface area contributed by atoms with Crippen LogP contribution >= 0.6 is 0 Å². The minimum Gasteiger partial charge on any atom is -0.392 e. The maximum atomic E-state index is 12.2. The van der Waals surface area contributed by atoms with Crippen LogP contribution in [0.1, 0.15) is 23.2 Å². The minimum absolute atomic E-state index is 0.131. The molecule has 3 N–H and O–H groups in total. The van der Waals surface area contributed by atoms with E-state index in [1.54, 1.807) is 24.4 Å². The van der Waals surface area contributed by atoms with Gasteiger partial charge >= 0.3 is 0 Å².